The first kappa shape index (κ1) is 61.9. The number of hydrogen-bond acceptors (Lipinski definition) is 7. The third-order valence-corrected chi connectivity index (χ3v) is 14.5. The Kier molecular flexibility index (Phi) is 22.0. The zero-order valence-electron chi connectivity index (χ0n) is 45.5. The molecule has 1 N–H and O–H groups in total. The van der Waals surface area contributed by atoms with Crippen LogP contribution in [0.3, 0.4) is 0 Å². The fraction of sp³-hybridized carbons (Fsp3) is 0.579. The highest BCUT2D eigenvalue weighted by atomic mass is 35.5. The number of nitrogens with one attached hydrogen (secondary N) is 1. The van der Waals surface area contributed by atoms with Gasteiger partial charge in [0.05, 0.1) is 22.6 Å². The summed E-state index contributed by atoms with van der Waals surface area (Å²) in [5.41, 5.74) is 2.63. The van der Waals surface area contributed by atoms with E-state index < -0.39 is 64.8 Å². The van der Waals surface area contributed by atoms with Gasteiger partial charge in [0, 0.05) is 72.9 Å². The molecule has 1 radical (unpaired) electrons. The van der Waals surface area contributed by atoms with Crippen molar-refractivity contribution in [2.24, 2.45) is 11.8 Å². The number of unbranched alkanes of at least 4 members (excludes halogenated alkanes) is 3. The van der Waals surface area contributed by atoms with Gasteiger partial charge in [-0.3, -0.25) is 18.8 Å². The minimum atomic E-state index is -3.14. The third kappa shape index (κ3) is 14.6. The number of ether oxygens (including phenoxy) is 1. The molecule has 3 unspecified atom stereocenters. The standard InChI is InChI=1S/C37H41ClF4N4O.C11H10F4N2O.C7H16O.C2H6B/c1-6-8-29(43)32-21(5)31(10-9-28(32)38)46-35(27(20(3)4)17-22-15-25(39)19-26(40)16-22)45-34-33(36(46)47)23(7-2)18-30(44-34)24-11-13-37(41,42)14-12-24;1-4(18)3-17-9-7(8(16-17)10(12)13)5-2-6(5)11(9,14)15;1-3-4-5-6-7-8-2;1-3-2/h9-10,15-16,18-20,24,27,43H,6-8,11-14,17H2,1-5H3;5-6,10H,2-3H2,1H3;3-7H2,1-2H3;1-2H3. The maximum absolute atomic E-state index is 14.8. The van der Waals surface area contributed by atoms with Crippen molar-refractivity contribution >= 4 is 41.4 Å². The molecule has 2 saturated carbocycles. The van der Waals surface area contributed by atoms with Crippen molar-refractivity contribution in [1.29, 1.82) is 5.41 Å². The van der Waals surface area contributed by atoms with Gasteiger partial charge in [-0.2, -0.15) is 13.9 Å². The number of rotatable bonds is 18. The predicted octanol–water partition coefficient (Wildman–Crippen LogP) is 15.6. The van der Waals surface area contributed by atoms with Crippen LogP contribution >= 0.6 is 11.6 Å². The Balaban J connectivity index is 0.000000298. The van der Waals surface area contributed by atoms with E-state index in [2.05, 4.69) is 12.0 Å². The van der Waals surface area contributed by atoms with Gasteiger partial charge in [-0.1, -0.05) is 85.5 Å². The van der Waals surface area contributed by atoms with Crippen molar-refractivity contribution in [3.05, 3.63) is 114 Å². The van der Waals surface area contributed by atoms with Crippen LogP contribution in [0.15, 0.2) is 41.2 Å². The summed E-state index contributed by atoms with van der Waals surface area (Å²) in [4.78, 5) is 35.7. The SMILES string of the molecule is CC(=O)Cn1nc(C(F)F)c2c1C(F)(F)C1CC21.CCCC(=N)c1c(Cl)ccc(-n2c(C(Cc3cc(F)cc(F)c3)C(C)C)nc3nc(C4CCC(F)(F)CC4)cc(CC)c3c2=O)c1C.CCCCCCOC.C[B]C. The highest BCUT2D eigenvalue weighted by Crippen LogP contribution is 2.68. The molecular formula is C57H73BClF8N6O3. The Bertz CT molecular complexity index is 2840. The number of nitrogens with zero attached hydrogens (tertiary/aromatic N) is 5. The molecule has 415 valence electrons. The van der Waals surface area contributed by atoms with Crippen LogP contribution in [0, 0.1) is 35.8 Å². The van der Waals surface area contributed by atoms with Crippen LogP contribution in [-0.2, 0) is 34.8 Å². The van der Waals surface area contributed by atoms with E-state index in [4.69, 9.17) is 31.7 Å². The molecule has 0 spiro atoms. The highest BCUT2D eigenvalue weighted by Gasteiger charge is 2.67. The first-order valence-electron chi connectivity index (χ1n) is 26.6. The van der Waals surface area contributed by atoms with Crippen LogP contribution in [0.25, 0.3) is 16.7 Å². The van der Waals surface area contributed by atoms with E-state index in [1.54, 1.807) is 23.8 Å². The molecule has 0 amide bonds. The minimum Gasteiger partial charge on any atom is -0.385 e. The first-order chi connectivity index (χ1) is 35.9. The number of carbonyl (C=O) groups excluding carboxylic acids is 1. The zero-order valence-corrected chi connectivity index (χ0v) is 46.2. The Morgan fingerprint density at radius 1 is 0.961 bits per heavy atom. The number of benzene rings is 2. The third-order valence-electron chi connectivity index (χ3n) is 14.2. The van der Waals surface area contributed by atoms with Crippen LogP contribution in [0.2, 0.25) is 18.7 Å². The van der Waals surface area contributed by atoms with E-state index in [0.717, 1.165) is 29.3 Å². The average Bonchev–Trinajstić information content (AvgIpc) is 4.02. The quantitative estimate of drug-likeness (QED) is 0.0404. The summed E-state index contributed by atoms with van der Waals surface area (Å²) in [6.07, 6.45) is 4.61. The number of fused-ring (bicyclic) bond motifs is 4. The number of aromatic nitrogens is 5. The number of carbonyl (C=O) groups is 1. The van der Waals surface area contributed by atoms with E-state index >= 15 is 0 Å². The summed E-state index contributed by atoms with van der Waals surface area (Å²) in [5.74, 6) is -9.45. The molecule has 3 aliphatic carbocycles. The lowest BCUT2D eigenvalue weighted by molar-refractivity contribution is -0.118. The first-order valence-corrected chi connectivity index (χ1v) is 26.9. The Hall–Kier alpha value is -4.97. The number of alkyl halides is 6. The number of aryl methyl sites for hydroxylation is 1. The maximum atomic E-state index is 14.8. The van der Waals surface area contributed by atoms with Crippen LogP contribution < -0.4 is 5.56 Å². The average molecular weight is 1090 g/mol. The summed E-state index contributed by atoms with van der Waals surface area (Å²) in [6, 6.07) is 8.66. The molecule has 19 heteroatoms. The molecule has 5 aromatic rings. The van der Waals surface area contributed by atoms with Crippen LogP contribution in [-0.4, -0.2) is 62.7 Å². The normalized spacial score (nSPS) is 17.4. The molecule has 3 aromatic heterocycles. The van der Waals surface area contributed by atoms with Crippen LogP contribution in [0.5, 0.6) is 0 Å². The summed E-state index contributed by atoms with van der Waals surface area (Å²) >= 11 is 6.63. The van der Waals surface area contributed by atoms with Gasteiger partial charge in [-0.15, -0.1) is 0 Å². The maximum Gasteiger partial charge on any atom is 0.293 e. The number of pyridine rings is 1. The molecule has 3 heterocycles. The monoisotopic (exact) mass is 1090 g/mol. The molecule has 3 aliphatic rings. The van der Waals surface area contributed by atoms with E-state index in [9.17, 15) is 44.7 Å². The molecule has 9 nitrogen and oxygen atoms in total. The van der Waals surface area contributed by atoms with E-state index in [-0.39, 0.29) is 73.7 Å². The largest absolute Gasteiger partial charge is 0.385 e. The van der Waals surface area contributed by atoms with E-state index in [1.165, 1.54) is 44.7 Å². The summed E-state index contributed by atoms with van der Waals surface area (Å²) in [5, 5.41) is 13.0. The summed E-state index contributed by atoms with van der Waals surface area (Å²) in [6.45, 7) is 17.6. The zero-order chi connectivity index (χ0) is 56.4. The van der Waals surface area contributed by atoms with E-state index in [0.29, 0.717) is 62.9 Å². The predicted molar refractivity (Wildman–Crippen MR) is 286 cm³/mol. The number of halogens is 9. The number of ketones is 1. The molecule has 8 rings (SSSR count). The Morgan fingerprint density at radius 2 is 1.61 bits per heavy atom. The molecule has 76 heavy (non-hydrogen) atoms. The molecule has 0 aliphatic heterocycles. The van der Waals surface area contributed by atoms with Gasteiger partial charge in [0.1, 0.15) is 36.1 Å². The fourth-order valence-electron chi connectivity index (χ4n) is 10.3. The molecule has 0 saturated heterocycles. The van der Waals surface area contributed by atoms with Crippen molar-refractivity contribution in [1.82, 2.24) is 24.3 Å². The van der Waals surface area contributed by atoms with Gasteiger partial charge in [0.2, 0.25) is 5.92 Å². The Morgan fingerprint density at radius 3 is 2.16 bits per heavy atom. The van der Waals surface area contributed by atoms with Crippen molar-refractivity contribution in [3.8, 4) is 5.69 Å². The highest BCUT2D eigenvalue weighted by molar-refractivity contribution is 6.34. The van der Waals surface area contributed by atoms with E-state index in [1.807, 2.05) is 61.6 Å². The number of hydrogen-bond donors (Lipinski definition) is 1. The lowest BCUT2D eigenvalue weighted by Crippen LogP contribution is -2.30. The van der Waals surface area contributed by atoms with Crippen LogP contribution in [0.1, 0.15) is 187 Å². The van der Waals surface area contributed by atoms with Crippen molar-refractivity contribution in [2.45, 2.75) is 188 Å². The second-order valence-corrected chi connectivity index (χ2v) is 21.0. The molecular weight excluding hydrogens is 1010 g/mol. The smallest absolute Gasteiger partial charge is 0.293 e. The van der Waals surface area contributed by atoms with Crippen molar-refractivity contribution in [2.75, 3.05) is 13.7 Å². The van der Waals surface area contributed by atoms with Gasteiger partial charge < -0.3 is 10.1 Å². The second kappa shape index (κ2) is 27.1. The summed E-state index contributed by atoms with van der Waals surface area (Å²) < 4.78 is 117. The van der Waals surface area contributed by atoms with Crippen LogP contribution in [0.4, 0.5) is 35.1 Å². The van der Waals surface area contributed by atoms with Crippen molar-refractivity contribution in [3.63, 3.8) is 0 Å². The van der Waals surface area contributed by atoms with Gasteiger partial charge >= 0.3 is 0 Å². The minimum absolute atomic E-state index is 0.0266. The lowest BCUT2D eigenvalue weighted by atomic mass is 9.84. The summed E-state index contributed by atoms with van der Waals surface area (Å²) in [7, 11) is 3.76. The Labute approximate surface area is 447 Å². The molecule has 3 atom stereocenters. The number of Topliss-reactive ketones (excluding diaryl/α,β-unsaturated/α-hetero) is 1. The number of methoxy groups -OCH3 is 1. The second-order valence-electron chi connectivity index (χ2n) is 20.6. The lowest BCUT2D eigenvalue weighted by Gasteiger charge is -2.29. The van der Waals surface area contributed by atoms with Gasteiger partial charge in [-0.25, -0.2) is 36.3 Å². The van der Waals surface area contributed by atoms with Crippen molar-refractivity contribution < 1.29 is 44.7 Å². The van der Waals surface area contributed by atoms with Gasteiger partial charge in [0.25, 0.3) is 17.9 Å². The molecule has 2 fully saturated rings. The molecule has 2 aromatic carbocycles. The molecule has 0 bridgehead atoms. The topological polar surface area (TPSA) is 116 Å². The van der Waals surface area contributed by atoms with Gasteiger partial charge in [-0.05, 0) is 118 Å². The van der Waals surface area contributed by atoms with Gasteiger partial charge in [0.15, 0.2) is 11.4 Å². The fourth-order valence-corrected chi connectivity index (χ4v) is 10.6.